The Bertz CT molecular complexity index is 352. The molecule has 0 amide bonds. The van der Waals surface area contributed by atoms with Gasteiger partial charge in [0.25, 0.3) is 0 Å². The highest BCUT2D eigenvalue weighted by Gasteiger charge is 2.35. The monoisotopic (exact) mass is 203 g/mol. The molecule has 15 heavy (non-hydrogen) atoms. The van der Waals surface area contributed by atoms with Crippen LogP contribution in [0, 0.1) is 0 Å². The van der Waals surface area contributed by atoms with Crippen LogP contribution >= 0.6 is 0 Å². The van der Waals surface area contributed by atoms with E-state index in [0.717, 1.165) is 0 Å². The quantitative estimate of drug-likeness (QED) is 0.677. The van der Waals surface area contributed by atoms with Crippen molar-refractivity contribution in [1.29, 1.82) is 0 Å². The van der Waals surface area contributed by atoms with Gasteiger partial charge in [0.05, 0.1) is 0 Å². The van der Waals surface area contributed by atoms with E-state index in [9.17, 15) is 0 Å². The molecule has 0 aliphatic carbocycles. The smallest absolute Gasteiger partial charge is 0.0410 e. The zero-order valence-electron chi connectivity index (χ0n) is 10.2. The molecule has 82 valence electrons. The van der Waals surface area contributed by atoms with Crippen LogP contribution in [0.4, 0.5) is 0 Å². The molecule has 0 saturated carbocycles. The number of fused-ring (bicyclic) bond motifs is 1. The normalized spacial score (nSPS) is 20.3. The molecule has 0 saturated heterocycles. The van der Waals surface area contributed by atoms with Gasteiger partial charge in [0.15, 0.2) is 0 Å². The standard InChI is InChI=1S/C14H21N/c1-11(2)15-10-9-12-7-5-6-8-13(12)14(15,3)4/h5-8,11H,9-10H2,1-4H3. The molecular formula is C14H21N. The van der Waals surface area contributed by atoms with Gasteiger partial charge >= 0.3 is 0 Å². The molecule has 1 aromatic rings. The minimum absolute atomic E-state index is 0.184. The summed E-state index contributed by atoms with van der Waals surface area (Å²) in [4.78, 5) is 2.59. The average Bonchev–Trinajstić information content (AvgIpc) is 2.17. The highest BCUT2D eigenvalue weighted by molar-refractivity contribution is 5.35. The van der Waals surface area contributed by atoms with Gasteiger partial charge in [-0.2, -0.15) is 0 Å². The molecular weight excluding hydrogens is 182 g/mol. The second-order valence-electron chi connectivity index (χ2n) is 5.25. The van der Waals surface area contributed by atoms with E-state index < -0.39 is 0 Å². The van der Waals surface area contributed by atoms with E-state index in [0.29, 0.717) is 6.04 Å². The topological polar surface area (TPSA) is 3.24 Å². The van der Waals surface area contributed by atoms with Crippen LogP contribution in [0.1, 0.15) is 38.8 Å². The van der Waals surface area contributed by atoms with Gasteiger partial charge in [0.2, 0.25) is 0 Å². The van der Waals surface area contributed by atoms with Crippen molar-refractivity contribution in [3.05, 3.63) is 35.4 Å². The second kappa shape index (κ2) is 3.64. The molecule has 1 aliphatic rings. The zero-order chi connectivity index (χ0) is 11.1. The number of nitrogens with zero attached hydrogens (tertiary/aromatic N) is 1. The molecule has 1 aromatic carbocycles. The van der Waals surface area contributed by atoms with Crippen molar-refractivity contribution in [3.63, 3.8) is 0 Å². The number of hydrogen-bond acceptors (Lipinski definition) is 1. The van der Waals surface area contributed by atoms with E-state index >= 15 is 0 Å². The second-order valence-corrected chi connectivity index (χ2v) is 5.25. The highest BCUT2D eigenvalue weighted by Crippen LogP contribution is 2.35. The Morgan fingerprint density at radius 3 is 2.53 bits per heavy atom. The maximum absolute atomic E-state index is 2.59. The van der Waals surface area contributed by atoms with Crippen LogP contribution in [0.2, 0.25) is 0 Å². The van der Waals surface area contributed by atoms with Gasteiger partial charge in [0, 0.05) is 18.1 Å². The van der Waals surface area contributed by atoms with Gasteiger partial charge in [-0.3, -0.25) is 4.90 Å². The summed E-state index contributed by atoms with van der Waals surface area (Å²) in [5.74, 6) is 0. The lowest BCUT2D eigenvalue weighted by molar-refractivity contribution is 0.0722. The van der Waals surface area contributed by atoms with Gasteiger partial charge in [0.1, 0.15) is 0 Å². The molecule has 0 bridgehead atoms. The van der Waals surface area contributed by atoms with Crippen LogP contribution < -0.4 is 0 Å². The Morgan fingerprint density at radius 2 is 1.87 bits per heavy atom. The van der Waals surface area contributed by atoms with Crippen LogP contribution in [-0.4, -0.2) is 17.5 Å². The van der Waals surface area contributed by atoms with E-state index in [1.165, 1.54) is 24.1 Å². The summed E-state index contributed by atoms with van der Waals surface area (Å²) < 4.78 is 0. The van der Waals surface area contributed by atoms with Gasteiger partial charge in [-0.1, -0.05) is 24.3 Å². The minimum Gasteiger partial charge on any atom is -0.291 e. The van der Waals surface area contributed by atoms with Crippen LogP contribution in [0.5, 0.6) is 0 Å². The molecule has 0 atom stereocenters. The van der Waals surface area contributed by atoms with Gasteiger partial charge in [-0.05, 0) is 45.2 Å². The Hall–Kier alpha value is -0.820. The first-order chi connectivity index (χ1) is 7.03. The van der Waals surface area contributed by atoms with Crippen molar-refractivity contribution in [2.75, 3.05) is 6.54 Å². The predicted octanol–water partition coefficient (Wildman–Crippen LogP) is 3.19. The Labute approximate surface area is 93.1 Å². The Kier molecular flexibility index (Phi) is 2.59. The molecule has 0 fully saturated rings. The maximum Gasteiger partial charge on any atom is 0.0410 e. The maximum atomic E-state index is 2.59. The molecule has 1 heterocycles. The number of hydrogen-bond donors (Lipinski definition) is 0. The fourth-order valence-corrected chi connectivity index (χ4v) is 2.91. The molecule has 0 radical (unpaired) electrons. The van der Waals surface area contributed by atoms with Crippen molar-refractivity contribution in [2.24, 2.45) is 0 Å². The minimum atomic E-state index is 0.184. The fraction of sp³-hybridized carbons (Fsp3) is 0.571. The first-order valence-corrected chi connectivity index (χ1v) is 5.88. The van der Waals surface area contributed by atoms with Gasteiger partial charge < -0.3 is 0 Å². The lowest BCUT2D eigenvalue weighted by atomic mass is 9.82. The van der Waals surface area contributed by atoms with Crippen LogP contribution in [0.25, 0.3) is 0 Å². The van der Waals surface area contributed by atoms with Crippen LogP contribution in [0.15, 0.2) is 24.3 Å². The highest BCUT2D eigenvalue weighted by atomic mass is 15.2. The first kappa shape index (κ1) is 10.7. The van der Waals surface area contributed by atoms with Crippen molar-refractivity contribution in [3.8, 4) is 0 Å². The third-order valence-electron chi connectivity index (χ3n) is 3.64. The van der Waals surface area contributed by atoms with Crippen molar-refractivity contribution < 1.29 is 0 Å². The Morgan fingerprint density at radius 1 is 1.20 bits per heavy atom. The van der Waals surface area contributed by atoms with E-state index in [-0.39, 0.29) is 5.54 Å². The summed E-state index contributed by atoms with van der Waals surface area (Å²) in [7, 11) is 0. The van der Waals surface area contributed by atoms with Crippen molar-refractivity contribution >= 4 is 0 Å². The molecule has 0 unspecified atom stereocenters. The molecule has 1 heteroatoms. The first-order valence-electron chi connectivity index (χ1n) is 5.88. The molecule has 0 spiro atoms. The van der Waals surface area contributed by atoms with Crippen molar-refractivity contribution in [1.82, 2.24) is 4.90 Å². The summed E-state index contributed by atoms with van der Waals surface area (Å²) in [6.07, 6.45) is 1.19. The molecule has 0 aromatic heterocycles. The molecule has 1 aliphatic heterocycles. The number of rotatable bonds is 1. The van der Waals surface area contributed by atoms with E-state index in [2.05, 4.69) is 56.9 Å². The third kappa shape index (κ3) is 1.69. The SMILES string of the molecule is CC(C)N1CCc2ccccc2C1(C)C. The molecule has 2 rings (SSSR count). The zero-order valence-corrected chi connectivity index (χ0v) is 10.2. The summed E-state index contributed by atoms with van der Waals surface area (Å²) in [6, 6.07) is 9.48. The molecule has 0 N–H and O–H groups in total. The third-order valence-corrected chi connectivity index (χ3v) is 3.64. The van der Waals surface area contributed by atoms with E-state index in [1.54, 1.807) is 0 Å². The van der Waals surface area contributed by atoms with Crippen LogP contribution in [0.3, 0.4) is 0 Å². The lowest BCUT2D eigenvalue weighted by Gasteiger charge is -2.46. The Balaban J connectivity index is 2.44. The summed E-state index contributed by atoms with van der Waals surface area (Å²) in [5.41, 5.74) is 3.22. The van der Waals surface area contributed by atoms with Gasteiger partial charge in [-0.25, -0.2) is 0 Å². The van der Waals surface area contributed by atoms with Gasteiger partial charge in [-0.15, -0.1) is 0 Å². The summed E-state index contributed by atoms with van der Waals surface area (Å²) in [5, 5.41) is 0. The summed E-state index contributed by atoms with van der Waals surface area (Å²) >= 11 is 0. The van der Waals surface area contributed by atoms with Crippen LogP contribution in [-0.2, 0) is 12.0 Å². The predicted molar refractivity (Wildman–Crippen MR) is 65.0 cm³/mol. The van der Waals surface area contributed by atoms with E-state index in [4.69, 9.17) is 0 Å². The largest absolute Gasteiger partial charge is 0.291 e. The lowest BCUT2D eigenvalue weighted by Crippen LogP contribution is -2.50. The molecule has 1 nitrogen and oxygen atoms in total. The fourth-order valence-electron chi connectivity index (χ4n) is 2.91. The number of benzene rings is 1. The van der Waals surface area contributed by atoms with Crippen molar-refractivity contribution in [2.45, 2.75) is 45.7 Å². The average molecular weight is 203 g/mol. The summed E-state index contributed by atoms with van der Waals surface area (Å²) in [6.45, 7) is 10.4. The van der Waals surface area contributed by atoms with E-state index in [1.807, 2.05) is 0 Å².